The van der Waals surface area contributed by atoms with Crippen LogP contribution in [0.25, 0.3) is 11.0 Å². The summed E-state index contributed by atoms with van der Waals surface area (Å²) in [7, 11) is 1.56. The number of alkyl halides is 2. The molecule has 10 heteroatoms. The summed E-state index contributed by atoms with van der Waals surface area (Å²) in [5.74, 6) is -0.656. The SMILES string of the molecule is CC(Nc1ncnc2c1cc(C1(N)CCO1)c(=O)n2C)c1cccc(C(F)F)c1F. The van der Waals surface area contributed by atoms with Gasteiger partial charge in [0, 0.05) is 19.0 Å². The average molecular weight is 419 g/mol. The normalized spacial score (nSPS) is 19.7. The number of hydrogen-bond acceptors (Lipinski definition) is 6. The third-order valence-corrected chi connectivity index (χ3v) is 5.41. The van der Waals surface area contributed by atoms with Gasteiger partial charge >= 0.3 is 0 Å². The Morgan fingerprint density at radius 3 is 2.63 bits per heavy atom. The van der Waals surface area contributed by atoms with Crippen LogP contribution in [-0.4, -0.2) is 21.1 Å². The van der Waals surface area contributed by atoms with Crippen LogP contribution < -0.4 is 16.6 Å². The smallest absolute Gasteiger partial charge is 0.266 e. The molecular weight excluding hydrogens is 399 g/mol. The fourth-order valence-electron chi connectivity index (χ4n) is 3.58. The number of aromatic nitrogens is 3. The number of rotatable bonds is 5. The maximum absolute atomic E-state index is 14.5. The number of nitrogens with one attached hydrogen (secondary N) is 1. The average Bonchev–Trinajstić information content (AvgIpc) is 2.69. The van der Waals surface area contributed by atoms with Gasteiger partial charge in [-0.3, -0.25) is 15.1 Å². The van der Waals surface area contributed by atoms with Crippen molar-refractivity contribution < 1.29 is 17.9 Å². The van der Waals surface area contributed by atoms with Crippen LogP contribution in [0.15, 0.2) is 35.4 Å². The second-order valence-electron chi connectivity index (χ2n) is 7.29. The zero-order chi connectivity index (χ0) is 21.6. The minimum Gasteiger partial charge on any atom is -0.363 e. The van der Waals surface area contributed by atoms with Gasteiger partial charge in [0.05, 0.1) is 29.2 Å². The first-order valence-corrected chi connectivity index (χ1v) is 9.34. The number of pyridine rings is 1. The highest BCUT2D eigenvalue weighted by atomic mass is 19.3. The van der Waals surface area contributed by atoms with Crippen molar-refractivity contribution in [1.82, 2.24) is 14.5 Å². The van der Waals surface area contributed by atoms with Crippen LogP contribution in [0.3, 0.4) is 0 Å². The Labute approximate surface area is 169 Å². The lowest BCUT2D eigenvalue weighted by Gasteiger charge is -2.38. The number of fused-ring (bicyclic) bond motifs is 1. The van der Waals surface area contributed by atoms with Crippen LogP contribution in [0.1, 0.15) is 42.5 Å². The van der Waals surface area contributed by atoms with Crippen molar-refractivity contribution in [3.05, 3.63) is 63.5 Å². The lowest BCUT2D eigenvalue weighted by Crippen LogP contribution is -2.52. The van der Waals surface area contributed by atoms with E-state index in [1.165, 1.54) is 23.0 Å². The summed E-state index contributed by atoms with van der Waals surface area (Å²) in [6.07, 6.45) is -1.16. The summed E-state index contributed by atoms with van der Waals surface area (Å²) in [5.41, 5.74) is 4.68. The largest absolute Gasteiger partial charge is 0.363 e. The van der Waals surface area contributed by atoms with Crippen LogP contribution in [0.2, 0.25) is 0 Å². The van der Waals surface area contributed by atoms with Gasteiger partial charge in [-0.15, -0.1) is 0 Å². The predicted molar refractivity (Wildman–Crippen MR) is 105 cm³/mol. The van der Waals surface area contributed by atoms with Gasteiger partial charge in [-0.25, -0.2) is 23.1 Å². The molecule has 2 atom stereocenters. The Kier molecular flexibility index (Phi) is 4.99. The van der Waals surface area contributed by atoms with Crippen molar-refractivity contribution in [3.8, 4) is 0 Å². The summed E-state index contributed by atoms with van der Waals surface area (Å²) in [5, 5.41) is 3.52. The Hall–Kier alpha value is -2.98. The highest BCUT2D eigenvalue weighted by Crippen LogP contribution is 2.33. The lowest BCUT2D eigenvalue weighted by molar-refractivity contribution is -0.150. The van der Waals surface area contributed by atoms with E-state index < -0.39 is 29.6 Å². The Morgan fingerprint density at radius 2 is 2.00 bits per heavy atom. The molecule has 0 saturated carbocycles. The van der Waals surface area contributed by atoms with Crippen molar-refractivity contribution in [1.29, 1.82) is 0 Å². The molecule has 0 amide bonds. The topological polar surface area (TPSA) is 95.1 Å². The van der Waals surface area contributed by atoms with Gasteiger partial charge in [-0.05, 0) is 13.0 Å². The predicted octanol–water partition coefficient (Wildman–Crippen LogP) is 3.11. The van der Waals surface area contributed by atoms with E-state index >= 15 is 0 Å². The highest BCUT2D eigenvalue weighted by Gasteiger charge is 2.39. The van der Waals surface area contributed by atoms with Crippen LogP contribution in [0.4, 0.5) is 19.0 Å². The number of aryl methyl sites for hydroxylation is 1. The molecule has 0 aliphatic carbocycles. The number of halogens is 3. The van der Waals surface area contributed by atoms with Crippen molar-refractivity contribution in [3.63, 3.8) is 0 Å². The third-order valence-electron chi connectivity index (χ3n) is 5.41. The van der Waals surface area contributed by atoms with E-state index in [1.807, 2.05) is 0 Å². The standard InChI is InChI=1S/C20H20F3N5O2/c1-10(11-4-3-5-12(15(11)21)16(22)23)27-17-13-8-14(20(24)6-7-30-20)19(29)28(2)18(13)26-9-25-17/h3-5,8-10,16H,6-7,24H2,1-2H3,(H,25,26,27). The first kappa shape index (κ1) is 20.3. The zero-order valence-electron chi connectivity index (χ0n) is 16.3. The fraction of sp³-hybridized carbons (Fsp3) is 0.350. The van der Waals surface area contributed by atoms with Crippen LogP contribution >= 0.6 is 0 Å². The van der Waals surface area contributed by atoms with E-state index in [-0.39, 0.29) is 16.7 Å². The quantitative estimate of drug-likeness (QED) is 0.660. The van der Waals surface area contributed by atoms with Crippen LogP contribution in [0.5, 0.6) is 0 Å². The molecular formula is C20H20F3N5O2. The molecule has 1 saturated heterocycles. The number of nitrogens with zero attached hydrogens (tertiary/aromatic N) is 3. The minimum atomic E-state index is -2.92. The van der Waals surface area contributed by atoms with E-state index in [1.54, 1.807) is 20.0 Å². The summed E-state index contributed by atoms with van der Waals surface area (Å²) in [6, 6.07) is 4.74. The Balaban J connectivity index is 1.79. The minimum absolute atomic E-state index is 0.0715. The molecule has 4 rings (SSSR count). The third kappa shape index (κ3) is 3.21. The fourth-order valence-corrected chi connectivity index (χ4v) is 3.58. The molecule has 1 aliphatic rings. The molecule has 3 N–H and O–H groups in total. The second kappa shape index (κ2) is 7.37. The highest BCUT2D eigenvalue weighted by molar-refractivity contribution is 5.87. The molecule has 7 nitrogen and oxygen atoms in total. The first-order chi connectivity index (χ1) is 14.2. The van der Waals surface area contributed by atoms with Gasteiger partial charge in [0.25, 0.3) is 12.0 Å². The van der Waals surface area contributed by atoms with E-state index in [0.29, 0.717) is 29.9 Å². The molecule has 3 aromatic rings. The number of hydrogen-bond donors (Lipinski definition) is 2. The first-order valence-electron chi connectivity index (χ1n) is 9.34. The molecule has 2 unspecified atom stereocenters. The number of nitrogens with two attached hydrogens (primary N) is 1. The second-order valence-corrected chi connectivity index (χ2v) is 7.29. The van der Waals surface area contributed by atoms with Crippen molar-refractivity contribution in [2.45, 2.75) is 31.5 Å². The van der Waals surface area contributed by atoms with Gasteiger partial charge in [0.2, 0.25) is 0 Å². The molecule has 30 heavy (non-hydrogen) atoms. The maximum atomic E-state index is 14.5. The number of ether oxygens (including phenoxy) is 1. The van der Waals surface area contributed by atoms with E-state index in [4.69, 9.17) is 10.5 Å². The Bertz CT molecular complexity index is 1180. The van der Waals surface area contributed by atoms with Crippen molar-refractivity contribution >= 4 is 16.9 Å². The summed E-state index contributed by atoms with van der Waals surface area (Å²) in [6.45, 7) is 2.08. The molecule has 158 valence electrons. The van der Waals surface area contributed by atoms with E-state index in [2.05, 4.69) is 15.3 Å². The van der Waals surface area contributed by atoms with Crippen LogP contribution in [0, 0.1) is 5.82 Å². The molecule has 0 bridgehead atoms. The number of anilines is 1. The van der Waals surface area contributed by atoms with Crippen molar-refractivity contribution in [2.75, 3.05) is 11.9 Å². The van der Waals surface area contributed by atoms with Gasteiger partial charge in [-0.1, -0.05) is 18.2 Å². The zero-order valence-corrected chi connectivity index (χ0v) is 16.3. The molecule has 2 aromatic heterocycles. The van der Waals surface area contributed by atoms with Gasteiger partial charge in [-0.2, -0.15) is 0 Å². The van der Waals surface area contributed by atoms with Crippen LogP contribution in [-0.2, 0) is 17.5 Å². The summed E-state index contributed by atoms with van der Waals surface area (Å²) < 4.78 is 47.4. The lowest BCUT2D eigenvalue weighted by atomic mass is 9.96. The molecule has 1 fully saturated rings. The maximum Gasteiger partial charge on any atom is 0.266 e. The molecule has 1 aromatic carbocycles. The summed E-state index contributed by atoms with van der Waals surface area (Å²) >= 11 is 0. The van der Waals surface area contributed by atoms with Gasteiger partial charge in [0.1, 0.15) is 29.3 Å². The number of benzene rings is 1. The summed E-state index contributed by atoms with van der Waals surface area (Å²) in [4.78, 5) is 21.1. The van der Waals surface area contributed by atoms with Gasteiger partial charge < -0.3 is 10.1 Å². The molecule has 0 spiro atoms. The Morgan fingerprint density at radius 1 is 1.30 bits per heavy atom. The molecule has 1 aliphatic heterocycles. The molecule has 0 radical (unpaired) electrons. The van der Waals surface area contributed by atoms with Gasteiger partial charge in [0.15, 0.2) is 0 Å². The van der Waals surface area contributed by atoms with E-state index in [0.717, 1.165) is 6.07 Å². The monoisotopic (exact) mass is 419 g/mol. The van der Waals surface area contributed by atoms with E-state index in [9.17, 15) is 18.0 Å². The van der Waals surface area contributed by atoms with Crippen molar-refractivity contribution in [2.24, 2.45) is 12.8 Å². The molecule has 3 heterocycles.